The second-order valence-corrected chi connectivity index (χ2v) is 9.33. The highest BCUT2D eigenvalue weighted by atomic mass is 32.1. The molecule has 0 saturated heterocycles. The van der Waals surface area contributed by atoms with Crippen molar-refractivity contribution >= 4 is 45.9 Å². The van der Waals surface area contributed by atoms with Crippen molar-refractivity contribution in [3.8, 4) is 6.07 Å². The summed E-state index contributed by atoms with van der Waals surface area (Å²) in [6.45, 7) is 0.822. The third-order valence-electron chi connectivity index (χ3n) is 5.39. The van der Waals surface area contributed by atoms with Crippen LogP contribution in [0.25, 0.3) is 11.3 Å². The molecular formula is C26H24N4O3S. The number of hydrogen-bond acceptors (Lipinski definition) is 6. The number of amides is 1. The van der Waals surface area contributed by atoms with Gasteiger partial charge in [-0.15, -0.1) is 11.3 Å². The Hall–Kier alpha value is -3.93. The van der Waals surface area contributed by atoms with Crippen LogP contribution in [0.4, 0.5) is 11.4 Å². The van der Waals surface area contributed by atoms with E-state index in [1.165, 1.54) is 16.9 Å². The van der Waals surface area contributed by atoms with E-state index in [1.54, 1.807) is 18.2 Å². The summed E-state index contributed by atoms with van der Waals surface area (Å²) >= 11 is 1.47. The standard InChI is InChI=1S/C26H24N4O3S/c1-30(2)14-16-3-6-19(7-4-16)28-25(18-12-20(34-15-18)8-10-23(31)32)24-21-9-5-17(13-27)11-22(21)29-26(24)33/h3-7,9,11-12,15,28H,8,10,14H2,1-2H3,(H,29,33)(H,31,32). The molecule has 3 aromatic rings. The molecule has 4 rings (SSSR count). The molecule has 2 heterocycles. The lowest BCUT2D eigenvalue weighted by atomic mass is 10.00. The number of carboxylic acid groups (broad SMARTS) is 1. The number of hydrogen-bond donors (Lipinski definition) is 3. The summed E-state index contributed by atoms with van der Waals surface area (Å²) in [4.78, 5) is 27.1. The first kappa shape index (κ1) is 23.2. The maximum atomic E-state index is 13.1. The van der Waals surface area contributed by atoms with Crippen molar-refractivity contribution in [3.05, 3.63) is 81.0 Å². The minimum Gasteiger partial charge on any atom is -0.481 e. The Bertz CT molecular complexity index is 1320. The van der Waals surface area contributed by atoms with Gasteiger partial charge in [-0.05, 0) is 56.4 Å². The Morgan fingerprint density at radius 3 is 2.62 bits per heavy atom. The van der Waals surface area contributed by atoms with Crippen molar-refractivity contribution in [3.63, 3.8) is 0 Å². The zero-order chi connectivity index (χ0) is 24.2. The van der Waals surface area contributed by atoms with Crippen LogP contribution in [0.15, 0.2) is 53.9 Å². The third-order valence-corrected chi connectivity index (χ3v) is 6.39. The van der Waals surface area contributed by atoms with E-state index in [4.69, 9.17) is 5.11 Å². The van der Waals surface area contributed by atoms with Gasteiger partial charge < -0.3 is 20.6 Å². The van der Waals surface area contributed by atoms with Gasteiger partial charge >= 0.3 is 5.97 Å². The number of nitriles is 1. The van der Waals surface area contributed by atoms with E-state index in [0.717, 1.165) is 22.7 Å². The lowest BCUT2D eigenvalue weighted by Crippen LogP contribution is -2.11. The lowest BCUT2D eigenvalue weighted by Gasteiger charge is -2.15. The maximum absolute atomic E-state index is 13.1. The summed E-state index contributed by atoms with van der Waals surface area (Å²) in [5.74, 6) is -1.10. The zero-order valence-corrected chi connectivity index (χ0v) is 19.7. The summed E-state index contributed by atoms with van der Waals surface area (Å²) in [5.41, 5.74) is 5.72. The number of fused-ring (bicyclic) bond motifs is 1. The molecule has 1 aliphatic heterocycles. The Morgan fingerprint density at radius 2 is 1.94 bits per heavy atom. The molecule has 1 aromatic heterocycles. The molecule has 1 amide bonds. The minimum atomic E-state index is -0.845. The van der Waals surface area contributed by atoms with Crippen molar-refractivity contribution in [2.45, 2.75) is 19.4 Å². The normalized spacial score (nSPS) is 13.9. The molecule has 3 N–H and O–H groups in total. The largest absolute Gasteiger partial charge is 0.481 e. The van der Waals surface area contributed by atoms with Gasteiger partial charge in [0.15, 0.2) is 0 Å². The monoisotopic (exact) mass is 472 g/mol. The van der Waals surface area contributed by atoms with Crippen molar-refractivity contribution in [2.75, 3.05) is 24.7 Å². The quantitative estimate of drug-likeness (QED) is 0.413. The van der Waals surface area contributed by atoms with Gasteiger partial charge in [-0.3, -0.25) is 9.59 Å². The van der Waals surface area contributed by atoms with Gasteiger partial charge in [-0.1, -0.05) is 18.2 Å². The highest BCUT2D eigenvalue weighted by Crippen LogP contribution is 2.39. The molecule has 34 heavy (non-hydrogen) atoms. The molecule has 2 aromatic carbocycles. The van der Waals surface area contributed by atoms with Gasteiger partial charge in [-0.25, -0.2) is 0 Å². The van der Waals surface area contributed by atoms with Gasteiger partial charge in [0.25, 0.3) is 5.91 Å². The molecule has 0 radical (unpaired) electrons. The van der Waals surface area contributed by atoms with Gasteiger partial charge in [0, 0.05) is 33.6 Å². The number of aliphatic carboxylic acids is 1. The zero-order valence-electron chi connectivity index (χ0n) is 18.9. The van der Waals surface area contributed by atoms with Gasteiger partial charge in [0.2, 0.25) is 0 Å². The van der Waals surface area contributed by atoms with Crippen LogP contribution in [0.1, 0.15) is 33.6 Å². The minimum absolute atomic E-state index is 0.0485. The topological polar surface area (TPSA) is 105 Å². The second-order valence-electron chi connectivity index (χ2n) is 8.33. The van der Waals surface area contributed by atoms with Gasteiger partial charge in [-0.2, -0.15) is 5.26 Å². The molecule has 8 heteroatoms. The van der Waals surface area contributed by atoms with Crippen LogP contribution in [0.5, 0.6) is 0 Å². The first-order chi connectivity index (χ1) is 16.3. The number of carbonyl (C=O) groups is 2. The number of anilines is 2. The molecule has 0 saturated carbocycles. The van der Waals surface area contributed by atoms with Crippen LogP contribution in [0, 0.1) is 11.3 Å². The second kappa shape index (κ2) is 9.91. The Labute approximate surface area is 202 Å². The molecule has 1 aliphatic rings. The van der Waals surface area contributed by atoms with Crippen molar-refractivity contribution in [1.29, 1.82) is 5.26 Å². The Kier molecular flexibility index (Phi) is 6.77. The van der Waals surface area contributed by atoms with Gasteiger partial charge in [0.1, 0.15) is 0 Å². The van der Waals surface area contributed by atoms with E-state index in [9.17, 15) is 14.9 Å². The molecule has 0 bridgehead atoms. The fourth-order valence-electron chi connectivity index (χ4n) is 3.85. The van der Waals surface area contributed by atoms with Crippen LogP contribution in [0.3, 0.4) is 0 Å². The van der Waals surface area contributed by atoms with E-state index >= 15 is 0 Å². The van der Waals surface area contributed by atoms with Gasteiger partial charge in [0.05, 0.1) is 35.0 Å². The summed E-state index contributed by atoms with van der Waals surface area (Å²) in [6, 6.07) is 17.2. The SMILES string of the molecule is CN(C)Cc1ccc(NC(=C2C(=O)Nc3cc(C#N)ccc32)c2csc(CCC(=O)O)c2)cc1. The average molecular weight is 473 g/mol. The van der Waals surface area contributed by atoms with E-state index < -0.39 is 5.97 Å². The fourth-order valence-corrected chi connectivity index (χ4v) is 4.72. The summed E-state index contributed by atoms with van der Waals surface area (Å²) < 4.78 is 0. The number of aryl methyl sites for hydroxylation is 1. The van der Waals surface area contributed by atoms with Crippen molar-refractivity contribution in [1.82, 2.24) is 4.90 Å². The van der Waals surface area contributed by atoms with E-state index in [-0.39, 0.29) is 12.3 Å². The number of nitrogens with one attached hydrogen (secondary N) is 2. The molecule has 0 fully saturated rings. The summed E-state index contributed by atoms with van der Waals surface area (Å²) in [5, 5.41) is 26.5. The number of thiophene rings is 1. The first-order valence-corrected chi connectivity index (χ1v) is 11.6. The molecule has 0 atom stereocenters. The fraction of sp³-hybridized carbons (Fsp3) is 0.192. The molecular weight excluding hydrogens is 448 g/mol. The number of benzene rings is 2. The van der Waals surface area contributed by atoms with Crippen molar-refractivity contribution in [2.24, 2.45) is 0 Å². The molecule has 0 unspecified atom stereocenters. The smallest absolute Gasteiger partial charge is 0.303 e. The van der Waals surface area contributed by atoms with Crippen LogP contribution in [0.2, 0.25) is 0 Å². The molecule has 0 spiro atoms. The van der Waals surface area contributed by atoms with Crippen molar-refractivity contribution < 1.29 is 14.7 Å². The summed E-state index contributed by atoms with van der Waals surface area (Å²) in [7, 11) is 4.03. The predicted octanol–water partition coefficient (Wildman–Crippen LogP) is 4.63. The average Bonchev–Trinajstić information content (AvgIpc) is 3.40. The molecule has 0 aliphatic carbocycles. The highest BCUT2D eigenvalue weighted by molar-refractivity contribution is 7.10. The summed E-state index contributed by atoms with van der Waals surface area (Å²) in [6.07, 6.45) is 0.475. The maximum Gasteiger partial charge on any atom is 0.303 e. The molecule has 172 valence electrons. The van der Waals surface area contributed by atoms with Crippen LogP contribution in [-0.4, -0.2) is 36.0 Å². The van der Waals surface area contributed by atoms with Crippen LogP contribution in [-0.2, 0) is 22.6 Å². The predicted molar refractivity (Wildman–Crippen MR) is 134 cm³/mol. The van der Waals surface area contributed by atoms with E-state index in [0.29, 0.717) is 34.5 Å². The number of rotatable bonds is 8. The first-order valence-electron chi connectivity index (χ1n) is 10.7. The number of nitrogens with zero attached hydrogens (tertiary/aromatic N) is 2. The Morgan fingerprint density at radius 1 is 1.18 bits per heavy atom. The van der Waals surface area contributed by atoms with E-state index in [1.807, 2.05) is 49.8 Å². The Balaban J connectivity index is 1.76. The van der Waals surface area contributed by atoms with E-state index in [2.05, 4.69) is 21.6 Å². The number of carboxylic acids is 1. The van der Waals surface area contributed by atoms with Crippen LogP contribution < -0.4 is 10.6 Å². The number of carbonyl (C=O) groups excluding carboxylic acids is 1. The highest BCUT2D eigenvalue weighted by Gasteiger charge is 2.29. The third kappa shape index (κ3) is 5.17. The lowest BCUT2D eigenvalue weighted by molar-refractivity contribution is -0.136. The molecule has 7 nitrogen and oxygen atoms in total. The van der Waals surface area contributed by atoms with Crippen LogP contribution >= 0.6 is 11.3 Å².